The van der Waals surface area contributed by atoms with Crippen LogP contribution in [0.25, 0.3) is 11.4 Å². The Kier molecular flexibility index (Phi) is 6.41. The standard InChI is InChI=1S/C11H9N3O4S.C2H6/c15-8(16)5-19-11-12-9(13-14-11)6-2-1-3-7(4-6)10(17)18;1-2/h1-4H,5H2,(H,15,16)(H,17,18)(H,12,13,14);1-2H3. The third kappa shape index (κ3) is 4.92. The second kappa shape index (κ2) is 8.05. The van der Waals surface area contributed by atoms with Gasteiger partial charge in [-0.1, -0.05) is 37.7 Å². The molecule has 2 rings (SSSR count). The summed E-state index contributed by atoms with van der Waals surface area (Å²) in [6, 6.07) is 6.24. The Hall–Kier alpha value is -2.35. The van der Waals surface area contributed by atoms with Crippen LogP contribution in [0.4, 0.5) is 0 Å². The predicted molar refractivity (Wildman–Crippen MR) is 78.5 cm³/mol. The van der Waals surface area contributed by atoms with Gasteiger partial charge in [0.2, 0.25) is 5.16 Å². The van der Waals surface area contributed by atoms with Gasteiger partial charge in [0.25, 0.3) is 0 Å². The number of aromatic carboxylic acids is 1. The van der Waals surface area contributed by atoms with Crippen LogP contribution >= 0.6 is 11.8 Å². The molecule has 0 aliphatic heterocycles. The number of carboxylic acids is 2. The van der Waals surface area contributed by atoms with E-state index < -0.39 is 11.9 Å². The van der Waals surface area contributed by atoms with E-state index in [1.807, 2.05) is 13.8 Å². The summed E-state index contributed by atoms with van der Waals surface area (Å²) in [5, 5.41) is 24.2. The molecule has 0 aliphatic rings. The van der Waals surface area contributed by atoms with Gasteiger partial charge in [0.1, 0.15) is 0 Å². The Balaban J connectivity index is 0.00000106. The summed E-state index contributed by atoms with van der Waals surface area (Å²) in [7, 11) is 0. The molecule has 0 spiro atoms. The van der Waals surface area contributed by atoms with Crippen LogP contribution in [0, 0.1) is 0 Å². The number of aliphatic carboxylic acids is 1. The van der Waals surface area contributed by atoms with Crippen molar-refractivity contribution in [1.82, 2.24) is 15.2 Å². The highest BCUT2D eigenvalue weighted by Gasteiger charge is 2.10. The molecular weight excluding hydrogens is 294 g/mol. The normalized spacial score (nSPS) is 9.62. The zero-order chi connectivity index (χ0) is 15.8. The van der Waals surface area contributed by atoms with Gasteiger partial charge in [0, 0.05) is 5.56 Å². The highest BCUT2D eigenvalue weighted by molar-refractivity contribution is 7.99. The number of nitrogens with zero attached hydrogens (tertiary/aromatic N) is 2. The second-order valence-electron chi connectivity index (χ2n) is 3.53. The molecule has 0 amide bonds. The molecule has 0 saturated carbocycles. The third-order valence-corrected chi connectivity index (χ3v) is 3.00. The summed E-state index contributed by atoms with van der Waals surface area (Å²) in [6.07, 6.45) is 0. The number of aromatic nitrogens is 3. The van der Waals surface area contributed by atoms with Gasteiger partial charge in [-0.2, -0.15) is 0 Å². The third-order valence-electron chi connectivity index (χ3n) is 2.17. The average molecular weight is 309 g/mol. The number of aromatic amines is 1. The monoisotopic (exact) mass is 309 g/mol. The molecule has 0 aliphatic carbocycles. The fourth-order valence-electron chi connectivity index (χ4n) is 1.37. The van der Waals surface area contributed by atoms with E-state index in [1.165, 1.54) is 12.1 Å². The van der Waals surface area contributed by atoms with Gasteiger partial charge in [-0.25, -0.2) is 9.78 Å². The second-order valence-corrected chi connectivity index (χ2v) is 4.48. The summed E-state index contributed by atoms with van der Waals surface area (Å²) in [4.78, 5) is 25.4. The van der Waals surface area contributed by atoms with E-state index in [-0.39, 0.29) is 11.3 Å². The van der Waals surface area contributed by atoms with Crippen molar-refractivity contribution in [2.24, 2.45) is 0 Å². The molecule has 0 radical (unpaired) electrons. The van der Waals surface area contributed by atoms with Gasteiger partial charge in [0.05, 0.1) is 11.3 Å². The van der Waals surface area contributed by atoms with E-state index in [9.17, 15) is 9.59 Å². The van der Waals surface area contributed by atoms with Crippen molar-refractivity contribution in [2.45, 2.75) is 19.0 Å². The Morgan fingerprint density at radius 3 is 2.62 bits per heavy atom. The van der Waals surface area contributed by atoms with Crippen molar-refractivity contribution >= 4 is 23.7 Å². The maximum atomic E-state index is 10.9. The molecule has 21 heavy (non-hydrogen) atoms. The molecule has 2 aromatic rings. The number of hydrogen-bond donors (Lipinski definition) is 3. The minimum atomic E-state index is -1.03. The first kappa shape index (κ1) is 16.7. The lowest BCUT2D eigenvalue weighted by molar-refractivity contribution is -0.133. The lowest BCUT2D eigenvalue weighted by Crippen LogP contribution is -1.97. The van der Waals surface area contributed by atoms with Crippen LogP contribution in [0.15, 0.2) is 29.4 Å². The van der Waals surface area contributed by atoms with Crippen LogP contribution in [0.1, 0.15) is 24.2 Å². The van der Waals surface area contributed by atoms with Crippen LogP contribution in [0.3, 0.4) is 0 Å². The predicted octanol–water partition coefficient (Wildman–Crippen LogP) is 2.37. The zero-order valence-electron chi connectivity index (χ0n) is 11.5. The van der Waals surface area contributed by atoms with E-state index >= 15 is 0 Å². The van der Waals surface area contributed by atoms with Crippen LogP contribution in [-0.4, -0.2) is 43.1 Å². The minimum absolute atomic E-state index is 0.132. The molecule has 3 N–H and O–H groups in total. The van der Waals surface area contributed by atoms with Crippen LogP contribution in [-0.2, 0) is 4.79 Å². The van der Waals surface area contributed by atoms with E-state index in [2.05, 4.69) is 15.2 Å². The molecule has 1 aromatic heterocycles. The number of benzene rings is 1. The molecule has 7 nitrogen and oxygen atoms in total. The molecule has 0 bridgehead atoms. The lowest BCUT2D eigenvalue weighted by atomic mass is 10.1. The quantitative estimate of drug-likeness (QED) is 0.726. The van der Waals surface area contributed by atoms with Crippen LogP contribution in [0.5, 0.6) is 0 Å². The van der Waals surface area contributed by atoms with Gasteiger partial charge in [0.15, 0.2) is 5.82 Å². The highest BCUT2D eigenvalue weighted by atomic mass is 32.2. The first-order valence-corrected chi connectivity index (χ1v) is 7.15. The van der Waals surface area contributed by atoms with E-state index in [0.717, 1.165) is 11.8 Å². The molecular formula is C13H15N3O4S. The molecule has 1 aromatic carbocycles. The van der Waals surface area contributed by atoms with Crippen molar-refractivity contribution in [2.75, 3.05) is 5.75 Å². The average Bonchev–Trinajstić information content (AvgIpc) is 2.96. The van der Waals surface area contributed by atoms with Crippen LogP contribution in [0.2, 0.25) is 0 Å². The SMILES string of the molecule is CC.O=C(O)CSc1n[nH]c(-c2cccc(C(=O)O)c2)n1. The van der Waals surface area contributed by atoms with Crippen molar-refractivity contribution in [3.63, 3.8) is 0 Å². The van der Waals surface area contributed by atoms with Crippen LogP contribution < -0.4 is 0 Å². The van der Waals surface area contributed by atoms with Crippen molar-refractivity contribution in [1.29, 1.82) is 0 Å². The Morgan fingerprint density at radius 2 is 2.00 bits per heavy atom. The Morgan fingerprint density at radius 1 is 1.29 bits per heavy atom. The van der Waals surface area contributed by atoms with E-state index in [0.29, 0.717) is 16.5 Å². The van der Waals surface area contributed by atoms with Gasteiger partial charge >= 0.3 is 11.9 Å². The molecule has 112 valence electrons. The summed E-state index contributed by atoms with van der Waals surface area (Å²) in [6.45, 7) is 4.00. The van der Waals surface area contributed by atoms with Gasteiger partial charge in [-0.3, -0.25) is 9.89 Å². The summed E-state index contributed by atoms with van der Waals surface area (Å²) in [5.74, 6) is -1.71. The molecule has 8 heteroatoms. The number of rotatable bonds is 5. The Bertz CT molecular complexity index is 627. The smallest absolute Gasteiger partial charge is 0.335 e. The van der Waals surface area contributed by atoms with Crippen molar-refractivity contribution in [3.05, 3.63) is 29.8 Å². The summed E-state index contributed by atoms with van der Waals surface area (Å²) < 4.78 is 0. The number of nitrogens with one attached hydrogen (secondary N) is 1. The largest absolute Gasteiger partial charge is 0.481 e. The summed E-state index contributed by atoms with van der Waals surface area (Å²) >= 11 is 0.985. The molecule has 0 fully saturated rings. The first-order valence-electron chi connectivity index (χ1n) is 6.17. The molecule has 0 unspecified atom stereocenters. The molecule has 0 atom stereocenters. The van der Waals surface area contributed by atoms with Crippen molar-refractivity contribution in [3.8, 4) is 11.4 Å². The van der Waals surface area contributed by atoms with E-state index in [1.54, 1.807) is 12.1 Å². The maximum Gasteiger partial charge on any atom is 0.335 e. The van der Waals surface area contributed by atoms with Crippen molar-refractivity contribution < 1.29 is 19.8 Å². The fraction of sp³-hybridized carbons (Fsp3) is 0.231. The fourth-order valence-corrected chi connectivity index (χ4v) is 1.88. The maximum absolute atomic E-state index is 10.9. The lowest BCUT2D eigenvalue weighted by Gasteiger charge is -1.97. The number of thioether (sulfide) groups is 1. The van der Waals surface area contributed by atoms with Gasteiger partial charge in [-0.15, -0.1) is 5.10 Å². The van der Waals surface area contributed by atoms with Gasteiger partial charge < -0.3 is 10.2 Å². The number of carbonyl (C=O) groups is 2. The number of carboxylic acid groups (broad SMARTS) is 2. The highest BCUT2D eigenvalue weighted by Crippen LogP contribution is 2.20. The Labute approximate surface area is 125 Å². The molecule has 1 heterocycles. The number of H-pyrrole nitrogens is 1. The molecule has 0 saturated heterocycles. The topological polar surface area (TPSA) is 116 Å². The minimum Gasteiger partial charge on any atom is -0.481 e. The first-order chi connectivity index (χ1) is 10.1. The van der Waals surface area contributed by atoms with E-state index in [4.69, 9.17) is 10.2 Å². The summed E-state index contributed by atoms with van der Waals surface area (Å²) in [5.41, 5.74) is 0.725. The zero-order valence-corrected chi connectivity index (χ0v) is 12.3. The number of hydrogen-bond acceptors (Lipinski definition) is 5. The van der Waals surface area contributed by atoms with Gasteiger partial charge in [-0.05, 0) is 12.1 Å².